The largest absolute Gasteiger partial charge is 0.309 e. The Kier molecular flexibility index (Phi) is 7.20. The molecular formula is C54H34N4. The van der Waals surface area contributed by atoms with Crippen molar-refractivity contribution in [3.63, 3.8) is 0 Å². The summed E-state index contributed by atoms with van der Waals surface area (Å²) in [7, 11) is 0. The average molecular weight is 739 g/mol. The number of para-hydroxylation sites is 3. The van der Waals surface area contributed by atoms with Gasteiger partial charge in [0.1, 0.15) is 0 Å². The highest BCUT2D eigenvalue weighted by atomic mass is 15.0. The molecule has 0 aliphatic heterocycles. The van der Waals surface area contributed by atoms with E-state index in [4.69, 9.17) is 9.97 Å². The molecule has 3 heterocycles. The Morgan fingerprint density at radius 3 is 1.64 bits per heavy atom. The molecule has 0 amide bonds. The number of fused-ring (bicyclic) bond motifs is 9. The van der Waals surface area contributed by atoms with Gasteiger partial charge in [-0.05, 0) is 76.8 Å². The Morgan fingerprint density at radius 1 is 0.310 bits per heavy atom. The highest BCUT2D eigenvalue weighted by Crippen LogP contribution is 2.43. The van der Waals surface area contributed by atoms with E-state index < -0.39 is 0 Å². The molecule has 3 aromatic heterocycles. The van der Waals surface area contributed by atoms with Crippen LogP contribution in [0.15, 0.2) is 206 Å². The minimum absolute atomic E-state index is 0.709. The van der Waals surface area contributed by atoms with Gasteiger partial charge in [0, 0.05) is 49.3 Å². The van der Waals surface area contributed by atoms with Crippen LogP contribution >= 0.6 is 0 Å². The predicted octanol–water partition coefficient (Wildman–Crippen LogP) is 14.0. The van der Waals surface area contributed by atoms with Crippen molar-refractivity contribution in [2.75, 3.05) is 0 Å². The summed E-state index contributed by atoms with van der Waals surface area (Å²) in [5.74, 6) is 0.709. The minimum atomic E-state index is 0.709. The van der Waals surface area contributed by atoms with E-state index >= 15 is 0 Å². The first kappa shape index (κ1) is 32.4. The Balaban J connectivity index is 1.06. The standard InChI is InChI=1S/C54H34N4/c1-3-15-36(16-4-1)45-34-46(56-54(55-45)40-27-26-35-14-7-8-17-37(35)32-40)39-28-29-42-38(33-39)18-13-25-47(42)58-49-24-12-10-22-44(49)53-51(58)31-30-50-52(53)43-21-9-11-23-48(43)57(50)41-19-5-2-6-20-41/h1-34H. The summed E-state index contributed by atoms with van der Waals surface area (Å²) < 4.78 is 4.86. The summed E-state index contributed by atoms with van der Waals surface area (Å²) in [6, 6.07) is 73.8. The average Bonchev–Trinajstić information content (AvgIpc) is 3.82. The summed E-state index contributed by atoms with van der Waals surface area (Å²) in [6.07, 6.45) is 0. The Bertz CT molecular complexity index is 3560. The van der Waals surface area contributed by atoms with Crippen molar-refractivity contribution in [1.29, 1.82) is 0 Å². The molecule has 270 valence electrons. The fourth-order valence-electron chi connectivity index (χ4n) is 9.06. The van der Waals surface area contributed by atoms with Gasteiger partial charge in [-0.1, -0.05) is 146 Å². The molecule has 0 radical (unpaired) electrons. The second-order valence-electron chi connectivity index (χ2n) is 15.0. The van der Waals surface area contributed by atoms with Gasteiger partial charge < -0.3 is 9.13 Å². The Labute approximate surface area is 334 Å². The van der Waals surface area contributed by atoms with Crippen LogP contribution < -0.4 is 0 Å². The van der Waals surface area contributed by atoms with Crippen LogP contribution in [0.5, 0.6) is 0 Å². The van der Waals surface area contributed by atoms with E-state index in [0.29, 0.717) is 5.82 Å². The van der Waals surface area contributed by atoms with Gasteiger partial charge in [0.25, 0.3) is 0 Å². The summed E-state index contributed by atoms with van der Waals surface area (Å²) >= 11 is 0. The fraction of sp³-hybridized carbons (Fsp3) is 0. The first-order chi connectivity index (χ1) is 28.8. The zero-order chi connectivity index (χ0) is 38.2. The van der Waals surface area contributed by atoms with E-state index in [1.807, 2.05) is 6.07 Å². The van der Waals surface area contributed by atoms with Gasteiger partial charge in [-0.25, -0.2) is 9.97 Å². The number of nitrogens with zero attached hydrogens (tertiary/aromatic N) is 4. The lowest BCUT2D eigenvalue weighted by Crippen LogP contribution is -1.97. The Morgan fingerprint density at radius 2 is 0.879 bits per heavy atom. The van der Waals surface area contributed by atoms with Gasteiger partial charge in [0.05, 0.1) is 39.1 Å². The van der Waals surface area contributed by atoms with E-state index in [0.717, 1.165) is 44.8 Å². The first-order valence-electron chi connectivity index (χ1n) is 19.7. The maximum absolute atomic E-state index is 5.23. The third-order valence-electron chi connectivity index (χ3n) is 11.7. The fourth-order valence-corrected chi connectivity index (χ4v) is 9.06. The molecule has 0 spiro atoms. The number of hydrogen-bond acceptors (Lipinski definition) is 2. The van der Waals surface area contributed by atoms with Crippen LogP contribution in [0.4, 0.5) is 0 Å². The smallest absolute Gasteiger partial charge is 0.160 e. The SMILES string of the molecule is c1ccc(-c2cc(-c3ccc4c(-n5c6ccccc6c6c7c8ccccc8n(-c8ccccc8)c7ccc65)cccc4c3)nc(-c3ccc4ccccc4c3)n2)cc1. The van der Waals surface area contributed by atoms with Crippen LogP contribution in [0.2, 0.25) is 0 Å². The van der Waals surface area contributed by atoms with Crippen molar-refractivity contribution >= 4 is 65.2 Å². The summed E-state index contributed by atoms with van der Waals surface area (Å²) in [5.41, 5.74) is 12.0. The van der Waals surface area contributed by atoms with Crippen LogP contribution in [-0.4, -0.2) is 19.1 Å². The Hall–Kier alpha value is -7.82. The maximum Gasteiger partial charge on any atom is 0.160 e. The van der Waals surface area contributed by atoms with Crippen LogP contribution in [0.25, 0.3) is 110 Å². The molecule has 58 heavy (non-hydrogen) atoms. The molecule has 4 nitrogen and oxygen atoms in total. The lowest BCUT2D eigenvalue weighted by Gasteiger charge is -2.14. The summed E-state index contributed by atoms with van der Waals surface area (Å²) in [5, 5.41) is 9.72. The highest BCUT2D eigenvalue weighted by Gasteiger charge is 2.21. The second kappa shape index (κ2) is 12.9. The zero-order valence-electron chi connectivity index (χ0n) is 31.4. The number of aromatic nitrogens is 4. The molecule has 0 N–H and O–H groups in total. The van der Waals surface area contributed by atoms with Gasteiger partial charge in [0.15, 0.2) is 5.82 Å². The normalized spacial score (nSPS) is 11.8. The topological polar surface area (TPSA) is 35.6 Å². The van der Waals surface area contributed by atoms with Crippen molar-refractivity contribution in [3.05, 3.63) is 206 Å². The molecule has 0 unspecified atom stereocenters. The van der Waals surface area contributed by atoms with Crippen LogP contribution in [0.1, 0.15) is 0 Å². The van der Waals surface area contributed by atoms with Crippen molar-refractivity contribution in [2.24, 2.45) is 0 Å². The number of benzene rings is 9. The van der Waals surface area contributed by atoms with Crippen molar-refractivity contribution in [1.82, 2.24) is 19.1 Å². The van der Waals surface area contributed by atoms with E-state index in [-0.39, 0.29) is 0 Å². The predicted molar refractivity (Wildman–Crippen MR) is 242 cm³/mol. The minimum Gasteiger partial charge on any atom is -0.309 e. The summed E-state index contributed by atoms with van der Waals surface area (Å²) in [4.78, 5) is 10.3. The van der Waals surface area contributed by atoms with Crippen molar-refractivity contribution < 1.29 is 0 Å². The molecule has 4 heteroatoms. The molecule has 12 rings (SSSR count). The zero-order valence-corrected chi connectivity index (χ0v) is 31.4. The van der Waals surface area contributed by atoms with Gasteiger partial charge in [-0.2, -0.15) is 0 Å². The summed E-state index contributed by atoms with van der Waals surface area (Å²) in [6.45, 7) is 0. The van der Waals surface area contributed by atoms with E-state index in [1.165, 1.54) is 59.8 Å². The lowest BCUT2D eigenvalue weighted by molar-refractivity contribution is 1.18. The van der Waals surface area contributed by atoms with Crippen molar-refractivity contribution in [3.8, 4) is 45.3 Å². The molecule has 12 aromatic rings. The first-order valence-corrected chi connectivity index (χ1v) is 19.7. The lowest BCUT2D eigenvalue weighted by atomic mass is 10.0. The monoisotopic (exact) mass is 738 g/mol. The third-order valence-corrected chi connectivity index (χ3v) is 11.7. The quantitative estimate of drug-likeness (QED) is 0.176. The van der Waals surface area contributed by atoms with Gasteiger partial charge in [-0.3, -0.25) is 0 Å². The molecule has 0 bridgehead atoms. The van der Waals surface area contributed by atoms with Crippen LogP contribution in [-0.2, 0) is 0 Å². The third kappa shape index (κ3) is 5.02. The number of rotatable bonds is 5. The van der Waals surface area contributed by atoms with Gasteiger partial charge >= 0.3 is 0 Å². The molecule has 0 aliphatic rings. The van der Waals surface area contributed by atoms with E-state index in [1.54, 1.807) is 0 Å². The molecule has 0 fully saturated rings. The molecule has 9 aromatic carbocycles. The van der Waals surface area contributed by atoms with E-state index in [2.05, 4.69) is 209 Å². The molecule has 0 atom stereocenters. The van der Waals surface area contributed by atoms with E-state index in [9.17, 15) is 0 Å². The van der Waals surface area contributed by atoms with Crippen molar-refractivity contribution in [2.45, 2.75) is 0 Å². The number of hydrogen-bond donors (Lipinski definition) is 0. The molecule has 0 aliphatic carbocycles. The highest BCUT2D eigenvalue weighted by molar-refractivity contribution is 6.29. The van der Waals surface area contributed by atoms with Crippen LogP contribution in [0, 0.1) is 0 Å². The molecule has 0 saturated heterocycles. The second-order valence-corrected chi connectivity index (χ2v) is 15.0. The molecular weight excluding hydrogens is 705 g/mol. The van der Waals surface area contributed by atoms with Gasteiger partial charge in [0.2, 0.25) is 0 Å². The maximum atomic E-state index is 5.23. The molecule has 0 saturated carbocycles. The van der Waals surface area contributed by atoms with Gasteiger partial charge in [-0.15, -0.1) is 0 Å². The van der Waals surface area contributed by atoms with Crippen LogP contribution in [0.3, 0.4) is 0 Å².